The zero-order valence-electron chi connectivity index (χ0n) is 18.8. The topological polar surface area (TPSA) is 142 Å². The molecule has 4 rings (SSSR count). The van der Waals surface area contributed by atoms with Gasteiger partial charge in [-0.1, -0.05) is 0 Å². The molecule has 0 spiro atoms. The summed E-state index contributed by atoms with van der Waals surface area (Å²) < 4.78 is 8.00. The normalized spacial score (nSPS) is 11.2. The molecule has 1 amide bonds. The lowest BCUT2D eigenvalue weighted by molar-refractivity contribution is -0.385. The number of hydrogen-bond acceptors (Lipinski definition) is 8. The zero-order chi connectivity index (χ0) is 25.3. The van der Waals surface area contributed by atoms with Crippen LogP contribution in [0.25, 0.3) is 15.8 Å². The number of carbonyl (C=O) groups excluding carboxylic acids is 1. The zero-order valence-corrected chi connectivity index (χ0v) is 19.7. The number of aryl methyl sites for hydroxylation is 1. The molecular formula is C23H19N5O6S. The Balaban J connectivity index is 1.55. The van der Waals surface area contributed by atoms with Gasteiger partial charge >= 0.3 is 0 Å². The number of non-ortho nitro benzene ring substituents is 2. The van der Waals surface area contributed by atoms with Gasteiger partial charge in [0, 0.05) is 45.2 Å². The average molecular weight is 494 g/mol. The summed E-state index contributed by atoms with van der Waals surface area (Å²) in [5.41, 5.74) is 5.37. The van der Waals surface area contributed by atoms with Crippen molar-refractivity contribution in [1.82, 2.24) is 9.99 Å². The molecule has 0 aliphatic rings. The van der Waals surface area contributed by atoms with Gasteiger partial charge in [0.15, 0.2) is 0 Å². The van der Waals surface area contributed by atoms with Crippen molar-refractivity contribution in [2.24, 2.45) is 5.10 Å². The average Bonchev–Trinajstić information content (AvgIpc) is 3.38. The quantitative estimate of drug-likeness (QED) is 0.220. The molecule has 178 valence electrons. The van der Waals surface area contributed by atoms with Gasteiger partial charge < -0.3 is 9.30 Å². The largest absolute Gasteiger partial charge is 0.494 e. The fourth-order valence-electron chi connectivity index (χ4n) is 3.73. The van der Waals surface area contributed by atoms with Crippen LogP contribution in [0.2, 0.25) is 0 Å². The van der Waals surface area contributed by atoms with Crippen molar-refractivity contribution < 1.29 is 19.4 Å². The van der Waals surface area contributed by atoms with E-state index in [0.29, 0.717) is 21.7 Å². The highest BCUT2D eigenvalue weighted by Crippen LogP contribution is 2.31. The molecule has 0 saturated carbocycles. The van der Waals surface area contributed by atoms with E-state index in [2.05, 4.69) is 10.5 Å². The van der Waals surface area contributed by atoms with E-state index >= 15 is 0 Å². The number of methoxy groups -OCH3 is 1. The van der Waals surface area contributed by atoms with Gasteiger partial charge in [-0.15, -0.1) is 11.3 Å². The first kappa shape index (κ1) is 23.6. The number of aromatic nitrogens is 1. The lowest BCUT2D eigenvalue weighted by Gasteiger charge is -2.13. The molecule has 0 bridgehead atoms. The van der Waals surface area contributed by atoms with Crippen molar-refractivity contribution in [3.63, 3.8) is 0 Å². The van der Waals surface area contributed by atoms with E-state index in [1.54, 1.807) is 18.2 Å². The SMILES string of the molecule is COc1cc([N+](=O)[O-])ccc1-n1c(C)cc(/C=N\NC(=O)c2cc3cc([N+](=O)[O-])ccc3s2)c1C. The van der Waals surface area contributed by atoms with Gasteiger partial charge in [0.1, 0.15) is 5.75 Å². The Morgan fingerprint density at radius 3 is 2.43 bits per heavy atom. The summed E-state index contributed by atoms with van der Waals surface area (Å²) in [7, 11) is 1.45. The van der Waals surface area contributed by atoms with Crippen LogP contribution in [0.15, 0.2) is 53.6 Å². The van der Waals surface area contributed by atoms with Gasteiger partial charge in [0.2, 0.25) is 0 Å². The van der Waals surface area contributed by atoms with Crippen LogP contribution in [-0.4, -0.2) is 33.6 Å². The van der Waals surface area contributed by atoms with Crippen molar-refractivity contribution >= 4 is 44.9 Å². The molecule has 35 heavy (non-hydrogen) atoms. The number of thiophene rings is 1. The predicted molar refractivity (Wildman–Crippen MR) is 132 cm³/mol. The number of rotatable bonds is 7. The van der Waals surface area contributed by atoms with Crippen LogP contribution in [0.4, 0.5) is 11.4 Å². The Bertz CT molecular complexity index is 1520. The Morgan fingerprint density at radius 1 is 1.06 bits per heavy atom. The lowest BCUT2D eigenvalue weighted by atomic mass is 10.2. The molecule has 2 aromatic heterocycles. The number of nitrogens with zero attached hydrogens (tertiary/aromatic N) is 4. The van der Waals surface area contributed by atoms with Gasteiger partial charge in [-0.3, -0.25) is 25.0 Å². The molecule has 0 aliphatic carbocycles. The molecule has 1 N–H and O–H groups in total. The molecule has 0 aliphatic heterocycles. The number of benzene rings is 2. The first-order chi connectivity index (χ1) is 16.7. The second-order valence-electron chi connectivity index (χ2n) is 7.56. The number of nitro benzene ring substituents is 2. The van der Waals surface area contributed by atoms with Crippen LogP contribution in [0.3, 0.4) is 0 Å². The third-order valence-electron chi connectivity index (χ3n) is 5.39. The molecule has 2 heterocycles. The second kappa shape index (κ2) is 9.35. The van der Waals surface area contributed by atoms with Crippen molar-refractivity contribution in [2.75, 3.05) is 7.11 Å². The summed E-state index contributed by atoms with van der Waals surface area (Å²) in [5.74, 6) is -0.0845. The minimum absolute atomic E-state index is 0.0414. The van der Waals surface area contributed by atoms with Crippen LogP contribution >= 0.6 is 11.3 Å². The summed E-state index contributed by atoms with van der Waals surface area (Å²) in [6.07, 6.45) is 1.51. The molecule has 0 saturated heterocycles. The van der Waals surface area contributed by atoms with E-state index < -0.39 is 15.8 Å². The number of nitrogens with one attached hydrogen (secondary N) is 1. The van der Waals surface area contributed by atoms with Crippen molar-refractivity contribution in [3.05, 3.63) is 90.6 Å². The summed E-state index contributed by atoms with van der Waals surface area (Å²) in [5, 5.41) is 26.7. The first-order valence-electron chi connectivity index (χ1n) is 10.2. The third-order valence-corrected chi connectivity index (χ3v) is 6.50. The van der Waals surface area contributed by atoms with Gasteiger partial charge in [-0.25, -0.2) is 5.43 Å². The highest BCUT2D eigenvalue weighted by Gasteiger charge is 2.17. The third kappa shape index (κ3) is 4.59. The van der Waals surface area contributed by atoms with Crippen LogP contribution < -0.4 is 10.2 Å². The number of hydrazone groups is 1. The monoisotopic (exact) mass is 493 g/mol. The van der Waals surface area contributed by atoms with Gasteiger partial charge in [0.05, 0.1) is 39.8 Å². The van der Waals surface area contributed by atoms with Crippen LogP contribution in [0.5, 0.6) is 5.75 Å². The number of fused-ring (bicyclic) bond motifs is 1. The Morgan fingerprint density at radius 2 is 1.74 bits per heavy atom. The summed E-state index contributed by atoms with van der Waals surface area (Å²) in [4.78, 5) is 34.0. The van der Waals surface area contributed by atoms with Crippen LogP contribution in [-0.2, 0) is 0 Å². The van der Waals surface area contributed by atoms with Crippen LogP contribution in [0, 0.1) is 34.1 Å². The highest BCUT2D eigenvalue weighted by atomic mass is 32.1. The molecule has 0 atom stereocenters. The fraction of sp³-hybridized carbons (Fsp3) is 0.130. The number of ether oxygens (including phenoxy) is 1. The Hall–Kier alpha value is -4.58. The van der Waals surface area contributed by atoms with E-state index in [1.807, 2.05) is 24.5 Å². The second-order valence-corrected chi connectivity index (χ2v) is 8.65. The van der Waals surface area contributed by atoms with E-state index in [1.165, 1.54) is 48.9 Å². The number of amides is 1. The standard InChI is InChI=1S/C23H19N5O6S/c1-13-8-16(14(2)26(13)19-6-4-18(28(32)33)11-20(19)34-3)12-24-25-23(29)22-10-15-9-17(27(30)31)5-7-21(15)35-22/h4-12H,1-3H3,(H,25,29)/b24-12-. The molecule has 0 fully saturated rings. The minimum atomic E-state index is -0.486. The lowest BCUT2D eigenvalue weighted by Crippen LogP contribution is -2.16. The predicted octanol–water partition coefficient (Wildman–Crippen LogP) is 4.90. The van der Waals surface area contributed by atoms with Crippen molar-refractivity contribution in [2.45, 2.75) is 13.8 Å². The Labute approximate surface area is 202 Å². The molecule has 4 aromatic rings. The van der Waals surface area contributed by atoms with Crippen molar-refractivity contribution in [1.29, 1.82) is 0 Å². The molecule has 0 unspecified atom stereocenters. The highest BCUT2D eigenvalue weighted by molar-refractivity contribution is 7.20. The summed E-state index contributed by atoms with van der Waals surface area (Å²) in [6, 6.07) is 12.3. The van der Waals surface area contributed by atoms with Gasteiger partial charge in [-0.05, 0) is 38.1 Å². The first-order valence-corrected chi connectivity index (χ1v) is 11.0. The van der Waals surface area contributed by atoms with Crippen LogP contribution in [0.1, 0.15) is 26.6 Å². The molecule has 11 nitrogen and oxygen atoms in total. The maximum absolute atomic E-state index is 12.5. The van der Waals surface area contributed by atoms with E-state index in [9.17, 15) is 25.0 Å². The summed E-state index contributed by atoms with van der Waals surface area (Å²) >= 11 is 1.21. The molecule has 0 radical (unpaired) electrons. The maximum Gasteiger partial charge on any atom is 0.281 e. The number of hydrogen-bond donors (Lipinski definition) is 1. The van der Waals surface area contributed by atoms with Crippen molar-refractivity contribution in [3.8, 4) is 11.4 Å². The molecule has 12 heteroatoms. The Kier molecular flexibility index (Phi) is 6.30. The van der Waals surface area contributed by atoms with Gasteiger partial charge in [-0.2, -0.15) is 5.10 Å². The maximum atomic E-state index is 12.5. The molecule has 2 aromatic carbocycles. The summed E-state index contributed by atoms with van der Waals surface area (Å²) in [6.45, 7) is 3.73. The smallest absolute Gasteiger partial charge is 0.281 e. The van der Waals surface area contributed by atoms with E-state index in [-0.39, 0.29) is 11.4 Å². The minimum Gasteiger partial charge on any atom is -0.494 e. The van der Waals surface area contributed by atoms with E-state index in [0.717, 1.165) is 21.7 Å². The fourth-order valence-corrected chi connectivity index (χ4v) is 4.66. The molecular weight excluding hydrogens is 474 g/mol. The number of nitro groups is 2. The van der Waals surface area contributed by atoms with E-state index in [4.69, 9.17) is 4.74 Å². The number of carbonyl (C=O) groups is 1. The van der Waals surface area contributed by atoms with Gasteiger partial charge in [0.25, 0.3) is 17.3 Å².